The van der Waals surface area contributed by atoms with Crippen LogP contribution in [0, 0.1) is 11.8 Å². The number of amides is 1. The number of likely N-dealkylation sites (N-methyl/N-ethyl adjacent to an activating group) is 1. The van der Waals surface area contributed by atoms with Crippen molar-refractivity contribution in [3.05, 3.63) is 35.9 Å². The van der Waals surface area contributed by atoms with Crippen LogP contribution in [0.4, 0.5) is 0 Å². The van der Waals surface area contributed by atoms with E-state index in [1.54, 1.807) is 4.90 Å². The van der Waals surface area contributed by atoms with Crippen molar-refractivity contribution in [2.75, 3.05) is 14.1 Å². The maximum absolute atomic E-state index is 12.6. The molecule has 0 heterocycles. The smallest absolute Gasteiger partial charge is 0.243 e. The number of carbonyl (C=O) groups excluding carboxylic acids is 1. The molecule has 1 amide bonds. The summed E-state index contributed by atoms with van der Waals surface area (Å²) in [4.78, 5) is 14.3. The van der Waals surface area contributed by atoms with Crippen LogP contribution in [-0.2, 0) is 4.79 Å². The van der Waals surface area contributed by atoms with Gasteiger partial charge in [-0.25, -0.2) is 0 Å². The van der Waals surface area contributed by atoms with Crippen molar-refractivity contribution in [2.45, 2.75) is 45.2 Å². The van der Waals surface area contributed by atoms with Gasteiger partial charge in [-0.3, -0.25) is 10.1 Å². The summed E-state index contributed by atoms with van der Waals surface area (Å²) < 4.78 is 0. The highest BCUT2D eigenvalue weighted by Crippen LogP contribution is 2.31. The van der Waals surface area contributed by atoms with E-state index in [1.165, 1.54) is 12.8 Å². The molecule has 3 heteroatoms. The Balaban J connectivity index is 2.18. The largest absolute Gasteiger partial charge is 0.347 e. The lowest BCUT2D eigenvalue weighted by Crippen LogP contribution is -2.47. The molecule has 1 aliphatic rings. The van der Waals surface area contributed by atoms with Gasteiger partial charge in [-0.1, -0.05) is 57.0 Å². The number of nitrogens with zero attached hydrogens (tertiary/aromatic N) is 1. The number of benzene rings is 1. The predicted octanol–water partition coefficient (Wildman–Crippen LogP) is 3.23. The van der Waals surface area contributed by atoms with Gasteiger partial charge in [0.15, 0.2) is 0 Å². The fourth-order valence-corrected chi connectivity index (χ4v) is 3.25. The van der Waals surface area contributed by atoms with E-state index in [1.807, 2.05) is 44.4 Å². The van der Waals surface area contributed by atoms with Gasteiger partial charge in [0.1, 0.15) is 6.04 Å². The van der Waals surface area contributed by atoms with Crippen LogP contribution >= 0.6 is 0 Å². The Morgan fingerprint density at radius 3 is 2.48 bits per heavy atom. The topological polar surface area (TPSA) is 32.3 Å². The molecule has 116 valence electrons. The minimum atomic E-state index is -0.237. The first-order chi connectivity index (χ1) is 10.0. The third-order valence-corrected chi connectivity index (χ3v) is 4.91. The van der Waals surface area contributed by atoms with Crippen LogP contribution in [0.15, 0.2) is 30.3 Å². The molecule has 4 atom stereocenters. The van der Waals surface area contributed by atoms with Crippen LogP contribution in [0.5, 0.6) is 0 Å². The van der Waals surface area contributed by atoms with Gasteiger partial charge in [0.2, 0.25) is 5.91 Å². The van der Waals surface area contributed by atoms with Crippen LogP contribution in [0.1, 0.15) is 44.7 Å². The molecule has 0 bridgehead atoms. The molecule has 4 unspecified atom stereocenters. The minimum absolute atomic E-state index is 0.131. The third kappa shape index (κ3) is 3.85. The van der Waals surface area contributed by atoms with Gasteiger partial charge in [0, 0.05) is 20.1 Å². The molecular weight excluding hydrogens is 260 g/mol. The first-order valence-electron chi connectivity index (χ1n) is 8.03. The molecule has 0 aliphatic heterocycles. The molecule has 1 fully saturated rings. The Labute approximate surface area is 128 Å². The molecule has 3 nitrogen and oxygen atoms in total. The van der Waals surface area contributed by atoms with E-state index in [-0.39, 0.29) is 11.9 Å². The molecule has 1 N–H and O–H groups in total. The number of carbonyl (C=O) groups is 1. The number of hydrogen-bond acceptors (Lipinski definition) is 2. The monoisotopic (exact) mass is 288 g/mol. The van der Waals surface area contributed by atoms with Crippen molar-refractivity contribution in [3.8, 4) is 0 Å². The summed E-state index contributed by atoms with van der Waals surface area (Å²) in [5.74, 6) is 1.47. The second-order valence-corrected chi connectivity index (χ2v) is 6.62. The normalized spacial score (nSPS) is 27.1. The maximum Gasteiger partial charge on any atom is 0.243 e. The average Bonchev–Trinajstić information content (AvgIpc) is 2.49. The first-order valence-corrected chi connectivity index (χ1v) is 8.03. The van der Waals surface area contributed by atoms with Gasteiger partial charge < -0.3 is 4.90 Å². The maximum atomic E-state index is 12.6. The summed E-state index contributed by atoms with van der Waals surface area (Å²) in [6, 6.07) is 10.2. The van der Waals surface area contributed by atoms with Crippen molar-refractivity contribution in [1.29, 1.82) is 0 Å². The standard InChI is InChI=1S/C18H28N2O/c1-13-9-8-12-16(14(13)2)19-17(18(21)20(3)4)15-10-6-5-7-11-15/h5-7,10-11,13-14,16-17,19H,8-9,12H2,1-4H3. The van der Waals surface area contributed by atoms with Crippen LogP contribution in [0.25, 0.3) is 0 Å². The zero-order chi connectivity index (χ0) is 15.4. The van der Waals surface area contributed by atoms with Crippen molar-refractivity contribution in [1.82, 2.24) is 10.2 Å². The van der Waals surface area contributed by atoms with Gasteiger partial charge in [0.25, 0.3) is 0 Å². The van der Waals surface area contributed by atoms with Crippen LogP contribution in [-0.4, -0.2) is 30.9 Å². The van der Waals surface area contributed by atoms with E-state index in [0.29, 0.717) is 12.0 Å². The van der Waals surface area contributed by atoms with Gasteiger partial charge in [-0.15, -0.1) is 0 Å². The van der Waals surface area contributed by atoms with E-state index in [2.05, 4.69) is 19.2 Å². The SMILES string of the molecule is CC1CCCC(NC(C(=O)N(C)C)c2ccccc2)C1C. The minimum Gasteiger partial charge on any atom is -0.347 e. The fourth-order valence-electron chi connectivity index (χ4n) is 3.25. The molecule has 1 aliphatic carbocycles. The summed E-state index contributed by atoms with van der Waals surface area (Å²) in [7, 11) is 3.65. The lowest BCUT2D eigenvalue weighted by Gasteiger charge is -2.37. The summed E-state index contributed by atoms with van der Waals surface area (Å²) in [5, 5.41) is 3.64. The Hall–Kier alpha value is -1.35. The first kappa shape index (κ1) is 16.0. The van der Waals surface area contributed by atoms with Crippen LogP contribution in [0.2, 0.25) is 0 Å². The molecule has 1 aromatic rings. The van der Waals surface area contributed by atoms with Crippen molar-refractivity contribution in [3.63, 3.8) is 0 Å². The van der Waals surface area contributed by atoms with Gasteiger partial charge in [-0.2, -0.15) is 0 Å². The third-order valence-electron chi connectivity index (χ3n) is 4.91. The second-order valence-electron chi connectivity index (χ2n) is 6.62. The quantitative estimate of drug-likeness (QED) is 0.922. The molecule has 1 saturated carbocycles. The Kier molecular flexibility index (Phi) is 5.40. The van der Waals surface area contributed by atoms with Crippen molar-refractivity contribution in [2.24, 2.45) is 11.8 Å². The zero-order valence-corrected chi connectivity index (χ0v) is 13.7. The highest BCUT2D eigenvalue weighted by molar-refractivity contribution is 5.82. The van der Waals surface area contributed by atoms with Gasteiger partial charge in [0.05, 0.1) is 0 Å². The second kappa shape index (κ2) is 7.08. The summed E-state index contributed by atoms with van der Waals surface area (Å²) in [5.41, 5.74) is 1.06. The van der Waals surface area contributed by atoms with E-state index < -0.39 is 0 Å². The van der Waals surface area contributed by atoms with Crippen molar-refractivity contribution >= 4 is 5.91 Å². The molecule has 0 saturated heterocycles. The van der Waals surface area contributed by atoms with E-state index in [4.69, 9.17) is 0 Å². The van der Waals surface area contributed by atoms with Crippen LogP contribution < -0.4 is 5.32 Å². The molecule has 1 aromatic carbocycles. The Morgan fingerprint density at radius 1 is 1.19 bits per heavy atom. The lowest BCUT2D eigenvalue weighted by molar-refractivity contribution is -0.131. The molecule has 0 spiro atoms. The summed E-state index contributed by atoms with van der Waals surface area (Å²) >= 11 is 0. The number of hydrogen-bond donors (Lipinski definition) is 1. The Morgan fingerprint density at radius 2 is 1.86 bits per heavy atom. The highest BCUT2D eigenvalue weighted by atomic mass is 16.2. The molecule has 0 aromatic heterocycles. The highest BCUT2D eigenvalue weighted by Gasteiger charge is 2.31. The predicted molar refractivity (Wildman–Crippen MR) is 87.0 cm³/mol. The zero-order valence-electron chi connectivity index (χ0n) is 13.7. The van der Waals surface area contributed by atoms with Crippen LogP contribution in [0.3, 0.4) is 0 Å². The summed E-state index contributed by atoms with van der Waals surface area (Å²) in [6.07, 6.45) is 3.72. The van der Waals surface area contributed by atoms with Crippen molar-refractivity contribution < 1.29 is 4.79 Å². The molecule has 2 rings (SSSR count). The molecule has 0 radical (unpaired) electrons. The molecular formula is C18H28N2O. The Bertz CT molecular complexity index is 458. The lowest BCUT2D eigenvalue weighted by atomic mass is 9.77. The van der Waals surface area contributed by atoms with E-state index in [0.717, 1.165) is 17.9 Å². The fraction of sp³-hybridized carbons (Fsp3) is 0.611. The average molecular weight is 288 g/mol. The van der Waals surface area contributed by atoms with E-state index >= 15 is 0 Å². The van der Waals surface area contributed by atoms with Gasteiger partial charge >= 0.3 is 0 Å². The molecule has 21 heavy (non-hydrogen) atoms. The summed E-state index contributed by atoms with van der Waals surface area (Å²) in [6.45, 7) is 4.63. The number of rotatable bonds is 4. The number of nitrogens with one attached hydrogen (secondary N) is 1. The van der Waals surface area contributed by atoms with E-state index in [9.17, 15) is 4.79 Å². The van der Waals surface area contributed by atoms with Gasteiger partial charge in [-0.05, 0) is 23.8 Å².